The van der Waals surface area contributed by atoms with Crippen LogP contribution in [0.4, 0.5) is 4.39 Å². The first kappa shape index (κ1) is 18.1. The minimum absolute atomic E-state index is 0.317. The molecule has 0 bridgehead atoms. The van der Waals surface area contributed by atoms with Gasteiger partial charge in [-0.2, -0.15) is 5.10 Å². The average molecular weight is 354 g/mol. The summed E-state index contributed by atoms with van der Waals surface area (Å²) in [6.45, 7) is 2.71. The van der Waals surface area contributed by atoms with Gasteiger partial charge in [-0.25, -0.2) is 4.39 Å². The molecule has 0 saturated heterocycles. The number of hydrogen-bond donors (Lipinski definition) is 2. The molecule has 0 fully saturated rings. The largest absolute Gasteiger partial charge is 0.457 e. The summed E-state index contributed by atoms with van der Waals surface area (Å²) in [5, 5.41) is 10.5. The molecule has 1 heterocycles. The van der Waals surface area contributed by atoms with Gasteiger partial charge in [-0.1, -0.05) is 6.07 Å². The molecule has 3 rings (SSSR count). The van der Waals surface area contributed by atoms with Gasteiger partial charge in [0.2, 0.25) is 0 Å². The maximum Gasteiger partial charge on any atom is 0.130 e. The van der Waals surface area contributed by atoms with Crippen LogP contribution in [0.3, 0.4) is 0 Å². The van der Waals surface area contributed by atoms with Gasteiger partial charge in [0.25, 0.3) is 0 Å². The van der Waals surface area contributed by atoms with Crippen LogP contribution in [0, 0.1) is 5.82 Å². The van der Waals surface area contributed by atoms with Crippen LogP contribution in [0.2, 0.25) is 0 Å². The van der Waals surface area contributed by atoms with Crippen LogP contribution >= 0.6 is 0 Å². The SMILES string of the molecule is CNCCN(C)Cc1c[nH]nc1-c1ccc(Oc2cccc(F)c2)cc1. The lowest BCUT2D eigenvalue weighted by Crippen LogP contribution is -2.26. The van der Waals surface area contributed by atoms with Crippen molar-refractivity contribution in [3.8, 4) is 22.8 Å². The standard InChI is InChI=1S/C20H23FN4O/c1-22-10-11-25(2)14-16-13-23-24-20(16)15-6-8-18(9-7-15)26-19-5-3-4-17(21)12-19/h3-9,12-13,22H,10-11,14H2,1-2H3,(H,23,24). The molecule has 0 amide bonds. The molecule has 2 aromatic carbocycles. The van der Waals surface area contributed by atoms with E-state index < -0.39 is 0 Å². The zero-order chi connectivity index (χ0) is 18.4. The molecule has 3 aromatic rings. The Labute approximate surface area is 152 Å². The lowest BCUT2D eigenvalue weighted by atomic mass is 10.1. The van der Waals surface area contributed by atoms with Gasteiger partial charge in [0.1, 0.15) is 17.3 Å². The van der Waals surface area contributed by atoms with Gasteiger partial charge in [-0.05, 0) is 50.5 Å². The number of halogens is 1. The fourth-order valence-corrected chi connectivity index (χ4v) is 2.71. The lowest BCUT2D eigenvalue weighted by molar-refractivity contribution is 0.328. The first-order valence-corrected chi connectivity index (χ1v) is 8.55. The van der Waals surface area contributed by atoms with Gasteiger partial charge in [0.15, 0.2) is 0 Å². The highest BCUT2D eigenvalue weighted by Crippen LogP contribution is 2.27. The van der Waals surface area contributed by atoms with Crippen LogP contribution in [0.25, 0.3) is 11.3 Å². The summed E-state index contributed by atoms with van der Waals surface area (Å²) in [6.07, 6.45) is 1.93. The topological polar surface area (TPSA) is 53.2 Å². The van der Waals surface area contributed by atoms with Crippen LogP contribution in [0.1, 0.15) is 5.56 Å². The fraction of sp³-hybridized carbons (Fsp3) is 0.250. The predicted octanol–water partition coefficient (Wildman–Crippen LogP) is 3.66. The minimum atomic E-state index is -0.317. The predicted molar refractivity (Wildman–Crippen MR) is 101 cm³/mol. The third-order valence-corrected chi connectivity index (χ3v) is 4.06. The molecule has 0 spiro atoms. The van der Waals surface area contributed by atoms with E-state index in [1.54, 1.807) is 12.1 Å². The highest BCUT2D eigenvalue weighted by Gasteiger charge is 2.11. The highest BCUT2D eigenvalue weighted by atomic mass is 19.1. The Hall–Kier alpha value is -2.70. The molecule has 1 aromatic heterocycles. The van der Waals surface area contributed by atoms with Gasteiger partial charge < -0.3 is 15.0 Å². The van der Waals surface area contributed by atoms with Crippen molar-refractivity contribution in [2.24, 2.45) is 0 Å². The van der Waals surface area contributed by atoms with E-state index in [1.807, 2.05) is 37.5 Å². The molecule has 5 nitrogen and oxygen atoms in total. The number of likely N-dealkylation sites (N-methyl/N-ethyl adjacent to an activating group) is 2. The van der Waals surface area contributed by atoms with Crippen molar-refractivity contribution in [2.45, 2.75) is 6.54 Å². The van der Waals surface area contributed by atoms with Crippen LogP contribution in [-0.4, -0.2) is 42.3 Å². The summed E-state index contributed by atoms with van der Waals surface area (Å²) < 4.78 is 18.9. The number of ether oxygens (including phenoxy) is 1. The first-order valence-electron chi connectivity index (χ1n) is 8.55. The first-order chi connectivity index (χ1) is 12.7. The number of H-pyrrole nitrogens is 1. The molecule has 0 radical (unpaired) electrons. The number of nitrogens with one attached hydrogen (secondary N) is 2. The van der Waals surface area contributed by atoms with Gasteiger partial charge in [0.05, 0.1) is 5.69 Å². The van der Waals surface area contributed by atoms with Gasteiger partial charge in [-0.15, -0.1) is 0 Å². The number of aromatic amines is 1. The van der Waals surface area contributed by atoms with Gasteiger partial charge >= 0.3 is 0 Å². The van der Waals surface area contributed by atoms with E-state index in [9.17, 15) is 4.39 Å². The third kappa shape index (κ3) is 4.68. The Kier molecular flexibility index (Phi) is 5.99. The molecule has 0 atom stereocenters. The molecule has 136 valence electrons. The summed E-state index contributed by atoms with van der Waals surface area (Å²) in [6, 6.07) is 13.8. The molecule has 26 heavy (non-hydrogen) atoms. The smallest absolute Gasteiger partial charge is 0.130 e. The van der Waals surface area contributed by atoms with E-state index in [0.29, 0.717) is 11.5 Å². The zero-order valence-corrected chi connectivity index (χ0v) is 15.0. The van der Waals surface area contributed by atoms with Crippen molar-refractivity contribution in [1.29, 1.82) is 0 Å². The van der Waals surface area contributed by atoms with Gasteiger partial charge in [0, 0.05) is 43.0 Å². The van der Waals surface area contributed by atoms with Crippen LogP contribution in [0.5, 0.6) is 11.5 Å². The molecular weight excluding hydrogens is 331 g/mol. The van der Waals surface area contributed by atoms with Crippen LogP contribution < -0.4 is 10.1 Å². The number of hydrogen-bond acceptors (Lipinski definition) is 4. The molecule has 6 heteroatoms. The van der Waals surface area contributed by atoms with E-state index in [-0.39, 0.29) is 5.82 Å². The molecule has 0 aliphatic rings. The van der Waals surface area contributed by atoms with Crippen LogP contribution in [0.15, 0.2) is 54.7 Å². The molecule has 0 unspecified atom stereocenters. The molecular formula is C20H23FN4O. The van der Waals surface area contributed by atoms with Crippen molar-refractivity contribution in [2.75, 3.05) is 27.2 Å². The summed E-state index contributed by atoms with van der Waals surface area (Å²) in [4.78, 5) is 2.24. The van der Waals surface area contributed by atoms with Crippen molar-refractivity contribution < 1.29 is 9.13 Å². The minimum Gasteiger partial charge on any atom is -0.457 e. The summed E-state index contributed by atoms with van der Waals surface area (Å²) in [5.74, 6) is 0.814. The number of aromatic nitrogens is 2. The number of benzene rings is 2. The maximum absolute atomic E-state index is 13.2. The van der Waals surface area contributed by atoms with Crippen molar-refractivity contribution in [3.63, 3.8) is 0 Å². The van der Waals surface area contributed by atoms with Gasteiger partial charge in [-0.3, -0.25) is 5.10 Å². The van der Waals surface area contributed by atoms with E-state index in [4.69, 9.17) is 4.74 Å². The Morgan fingerprint density at radius 1 is 1.15 bits per heavy atom. The molecule has 0 aliphatic carbocycles. The number of nitrogens with zero attached hydrogens (tertiary/aromatic N) is 2. The lowest BCUT2D eigenvalue weighted by Gasteiger charge is -2.16. The monoisotopic (exact) mass is 354 g/mol. The normalized spacial score (nSPS) is 11.1. The Bertz CT molecular complexity index is 832. The highest BCUT2D eigenvalue weighted by molar-refractivity contribution is 5.63. The maximum atomic E-state index is 13.2. The van der Waals surface area contributed by atoms with E-state index >= 15 is 0 Å². The third-order valence-electron chi connectivity index (χ3n) is 4.06. The summed E-state index contributed by atoms with van der Waals surface area (Å²) in [7, 11) is 4.04. The summed E-state index contributed by atoms with van der Waals surface area (Å²) in [5.41, 5.74) is 3.08. The zero-order valence-electron chi connectivity index (χ0n) is 15.0. The average Bonchev–Trinajstić information content (AvgIpc) is 3.09. The molecule has 2 N–H and O–H groups in total. The fourth-order valence-electron chi connectivity index (χ4n) is 2.71. The van der Waals surface area contributed by atoms with Crippen molar-refractivity contribution in [3.05, 3.63) is 66.1 Å². The van der Waals surface area contributed by atoms with E-state index in [0.717, 1.165) is 36.5 Å². The Balaban J connectivity index is 1.70. The Morgan fingerprint density at radius 3 is 2.69 bits per heavy atom. The van der Waals surface area contributed by atoms with Crippen molar-refractivity contribution >= 4 is 0 Å². The summed E-state index contributed by atoms with van der Waals surface area (Å²) >= 11 is 0. The van der Waals surface area contributed by atoms with Crippen LogP contribution in [-0.2, 0) is 6.54 Å². The second kappa shape index (κ2) is 8.60. The number of rotatable bonds is 8. The second-order valence-corrected chi connectivity index (χ2v) is 6.18. The Morgan fingerprint density at radius 2 is 1.96 bits per heavy atom. The second-order valence-electron chi connectivity index (χ2n) is 6.18. The molecule has 0 saturated carbocycles. The quantitative estimate of drug-likeness (QED) is 0.648. The van der Waals surface area contributed by atoms with E-state index in [2.05, 4.69) is 27.5 Å². The molecule has 0 aliphatic heterocycles. The van der Waals surface area contributed by atoms with E-state index in [1.165, 1.54) is 12.1 Å². The van der Waals surface area contributed by atoms with Crippen molar-refractivity contribution in [1.82, 2.24) is 20.4 Å².